The molecule has 0 radical (unpaired) electrons. The van der Waals surface area contributed by atoms with Crippen molar-refractivity contribution in [3.05, 3.63) is 39.4 Å². The van der Waals surface area contributed by atoms with Crippen LogP contribution in [0.5, 0.6) is 5.88 Å². The molecule has 1 saturated carbocycles. The summed E-state index contributed by atoms with van der Waals surface area (Å²) in [7, 11) is 0. The highest BCUT2D eigenvalue weighted by atomic mass is 35.5. The molecule has 2 aromatic heterocycles. The Labute approximate surface area is 255 Å². The van der Waals surface area contributed by atoms with Gasteiger partial charge in [-0.3, -0.25) is 9.59 Å². The number of pyridine rings is 1. The molecule has 18 heteroatoms. The number of ether oxygens (including phenoxy) is 1. The Balaban J connectivity index is 1.56. The van der Waals surface area contributed by atoms with Crippen molar-refractivity contribution in [1.29, 1.82) is 0 Å². The second-order valence-electron chi connectivity index (χ2n) is 10.2. The van der Waals surface area contributed by atoms with Crippen molar-refractivity contribution in [3.63, 3.8) is 0 Å². The number of amides is 2. The highest BCUT2D eigenvalue weighted by Gasteiger charge is 2.41. The summed E-state index contributed by atoms with van der Waals surface area (Å²) in [6.45, 7) is -1.00. The Bertz CT molecular complexity index is 1520. The number of benzene rings is 1. The van der Waals surface area contributed by atoms with Crippen LogP contribution in [-0.2, 0) is 11.3 Å². The first kappa shape index (κ1) is 33.4. The lowest BCUT2D eigenvalue weighted by Crippen LogP contribution is -2.40. The maximum atomic E-state index is 13.2. The number of carbonyl (C=O) groups excluding carboxylic acids is 2. The summed E-state index contributed by atoms with van der Waals surface area (Å²) < 4.78 is 96.4. The van der Waals surface area contributed by atoms with E-state index in [-0.39, 0.29) is 76.2 Å². The van der Waals surface area contributed by atoms with E-state index in [1.807, 2.05) is 0 Å². The third kappa shape index (κ3) is 8.14. The molecule has 4 N–H and O–H groups in total. The van der Waals surface area contributed by atoms with E-state index in [1.54, 1.807) is 0 Å². The maximum Gasteiger partial charge on any atom is 0.391 e. The summed E-state index contributed by atoms with van der Waals surface area (Å²) in [6.07, 6.45) is -7.42. The number of rotatable bonds is 10. The van der Waals surface area contributed by atoms with E-state index >= 15 is 0 Å². The minimum Gasteiger partial charge on any atom is -0.471 e. The molecule has 0 spiro atoms. The highest BCUT2D eigenvalue weighted by Crippen LogP contribution is 2.38. The Morgan fingerprint density at radius 3 is 2.39 bits per heavy atom. The van der Waals surface area contributed by atoms with Gasteiger partial charge in [0.15, 0.2) is 12.3 Å². The van der Waals surface area contributed by atoms with Gasteiger partial charge in [0.05, 0.1) is 27.2 Å². The molecule has 1 aliphatic carbocycles. The molecule has 0 unspecified atom stereocenters. The van der Waals surface area contributed by atoms with Gasteiger partial charge in [0.25, 0.3) is 18.2 Å². The quantitative estimate of drug-likeness (QED) is 0.176. The van der Waals surface area contributed by atoms with Gasteiger partial charge in [-0.2, -0.15) is 31.9 Å². The Kier molecular flexibility index (Phi) is 10.0. The highest BCUT2D eigenvalue weighted by molar-refractivity contribution is 6.39. The summed E-state index contributed by atoms with van der Waals surface area (Å²) in [5.41, 5.74) is 0.122. The number of aromatic amines is 1. The van der Waals surface area contributed by atoms with Crippen LogP contribution in [0, 0.1) is 5.92 Å². The van der Waals surface area contributed by atoms with Crippen molar-refractivity contribution in [2.24, 2.45) is 5.92 Å². The topological polar surface area (TPSA) is 121 Å². The number of carbonyl (C=O) groups is 2. The third-order valence-corrected chi connectivity index (χ3v) is 7.55. The number of anilines is 2. The molecule has 44 heavy (non-hydrogen) atoms. The zero-order chi connectivity index (χ0) is 32.4. The van der Waals surface area contributed by atoms with E-state index in [4.69, 9.17) is 27.9 Å². The number of H-pyrrole nitrogens is 1. The van der Waals surface area contributed by atoms with E-state index in [2.05, 4.69) is 30.9 Å². The van der Waals surface area contributed by atoms with Crippen LogP contribution in [0.1, 0.15) is 48.5 Å². The predicted molar refractivity (Wildman–Crippen MR) is 147 cm³/mol. The molecule has 4 rings (SSSR count). The Hall–Kier alpha value is -3.53. The number of hydrogen-bond donors (Lipinski definition) is 4. The molecule has 2 heterocycles. The maximum absolute atomic E-state index is 13.2. The minimum atomic E-state index is -4.33. The van der Waals surface area contributed by atoms with Gasteiger partial charge in [-0.05, 0) is 43.4 Å². The third-order valence-electron chi connectivity index (χ3n) is 6.81. The first-order chi connectivity index (χ1) is 20.5. The largest absolute Gasteiger partial charge is 0.471 e. The van der Waals surface area contributed by atoms with Gasteiger partial charge in [0, 0.05) is 19.5 Å². The standard InChI is InChI=1S/C26H25Cl2F7N6O3/c1-25(31,32)23(43)36-9-11-2-7-15(27)19(18(11)28)39-24-38-16-8-14(22(40-20(16)41-24)44-10-17(29)30)21(42)37-13-5-3-12(4-6-13)26(33,34)35/h2,7-8,12-13,17H,3-6,9-10H2,1H3,(H,36,43)(H,37,42)(H2,38,39,40,41). The molecule has 0 atom stereocenters. The first-order valence-electron chi connectivity index (χ1n) is 13.1. The number of halogens is 9. The summed E-state index contributed by atoms with van der Waals surface area (Å²) in [5, 5.41) is 7.53. The van der Waals surface area contributed by atoms with Crippen LogP contribution >= 0.6 is 23.2 Å². The number of nitrogens with zero attached hydrogens (tertiary/aromatic N) is 2. The average molecular weight is 673 g/mol. The normalized spacial score (nSPS) is 17.5. The van der Waals surface area contributed by atoms with Gasteiger partial charge < -0.3 is 25.7 Å². The van der Waals surface area contributed by atoms with E-state index in [0.717, 1.165) is 0 Å². The SMILES string of the molecule is CC(F)(F)C(=O)NCc1ccc(Cl)c(Nc2nc3nc(OCC(F)F)c(C(=O)NC4CCC(C(F)(F)F)CC4)cc3[nH]2)c1Cl. The molecule has 0 saturated heterocycles. The van der Waals surface area contributed by atoms with Crippen LogP contribution < -0.4 is 20.7 Å². The first-order valence-corrected chi connectivity index (χ1v) is 13.9. The number of imidazole rings is 1. The molecule has 9 nitrogen and oxygen atoms in total. The summed E-state index contributed by atoms with van der Waals surface area (Å²) in [6, 6.07) is 3.46. The number of aromatic nitrogens is 3. The van der Waals surface area contributed by atoms with Crippen molar-refractivity contribution in [3.8, 4) is 5.88 Å². The van der Waals surface area contributed by atoms with E-state index < -0.39 is 54.8 Å². The molecule has 0 bridgehead atoms. The molecule has 1 aliphatic rings. The second kappa shape index (κ2) is 13.2. The van der Waals surface area contributed by atoms with Gasteiger partial charge in [0.2, 0.25) is 11.8 Å². The van der Waals surface area contributed by atoms with Crippen molar-refractivity contribution in [1.82, 2.24) is 25.6 Å². The van der Waals surface area contributed by atoms with E-state index in [1.165, 1.54) is 18.2 Å². The summed E-state index contributed by atoms with van der Waals surface area (Å²) in [4.78, 5) is 35.7. The van der Waals surface area contributed by atoms with Crippen molar-refractivity contribution < 1.29 is 45.1 Å². The molecule has 1 fully saturated rings. The van der Waals surface area contributed by atoms with Crippen molar-refractivity contribution in [2.45, 2.75) is 63.7 Å². The molecular weight excluding hydrogens is 648 g/mol. The zero-order valence-corrected chi connectivity index (χ0v) is 24.2. The molecule has 1 aromatic carbocycles. The van der Waals surface area contributed by atoms with Gasteiger partial charge in [-0.15, -0.1) is 0 Å². The van der Waals surface area contributed by atoms with E-state index in [0.29, 0.717) is 6.92 Å². The predicted octanol–water partition coefficient (Wildman–Crippen LogP) is 6.77. The smallest absolute Gasteiger partial charge is 0.391 e. The average Bonchev–Trinajstić information content (AvgIpc) is 3.33. The van der Waals surface area contributed by atoms with Gasteiger partial charge in [-0.25, -0.2) is 8.78 Å². The van der Waals surface area contributed by atoms with Crippen LogP contribution in [0.2, 0.25) is 10.0 Å². The van der Waals surface area contributed by atoms with Gasteiger partial charge >= 0.3 is 12.1 Å². The number of alkyl halides is 7. The van der Waals surface area contributed by atoms with Crippen LogP contribution in [0.15, 0.2) is 18.2 Å². The monoisotopic (exact) mass is 672 g/mol. The number of nitrogens with one attached hydrogen (secondary N) is 4. The Morgan fingerprint density at radius 2 is 1.77 bits per heavy atom. The number of fused-ring (bicyclic) bond motifs is 1. The van der Waals surface area contributed by atoms with Crippen molar-refractivity contribution >= 4 is 57.8 Å². The zero-order valence-electron chi connectivity index (χ0n) is 22.7. The van der Waals surface area contributed by atoms with Crippen LogP contribution in [0.4, 0.5) is 42.4 Å². The van der Waals surface area contributed by atoms with Crippen LogP contribution in [0.25, 0.3) is 11.2 Å². The number of hydrogen-bond acceptors (Lipinski definition) is 6. The van der Waals surface area contributed by atoms with Crippen LogP contribution in [0.3, 0.4) is 0 Å². The summed E-state index contributed by atoms with van der Waals surface area (Å²) >= 11 is 12.7. The molecule has 3 aromatic rings. The lowest BCUT2D eigenvalue weighted by atomic mass is 9.85. The fourth-order valence-electron chi connectivity index (χ4n) is 4.52. The van der Waals surface area contributed by atoms with E-state index in [9.17, 15) is 40.3 Å². The Morgan fingerprint density at radius 1 is 1.09 bits per heavy atom. The fraction of sp³-hybridized carbons (Fsp3) is 0.462. The lowest BCUT2D eigenvalue weighted by Gasteiger charge is -2.30. The second-order valence-corrected chi connectivity index (χ2v) is 10.9. The van der Waals surface area contributed by atoms with Crippen molar-refractivity contribution in [2.75, 3.05) is 11.9 Å². The fourth-order valence-corrected chi connectivity index (χ4v) is 5.06. The molecule has 240 valence electrons. The minimum absolute atomic E-state index is 0.0274. The summed E-state index contributed by atoms with van der Waals surface area (Å²) in [5.74, 6) is -7.88. The molecule has 0 aliphatic heterocycles. The lowest BCUT2D eigenvalue weighted by molar-refractivity contribution is -0.182. The molecule has 2 amide bonds. The van der Waals surface area contributed by atoms with Gasteiger partial charge in [0.1, 0.15) is 5.56 Å². The van der Waals surface area contributed by atoms with Gasteiger partial charge in [-0.1, -0.05) is 29.3 Å². The van der Waals surface area contributed by atoms with Crippen LogP contribution in [-0.4, -0.2) is 57.9 Å². The molecular formula is C26H25Cl2F7N6O3.